The molecular formula is C13H20FIN4O. The quantitative estimate of drug-likeness (QED) is 0.299. The van der Waals surface area contributed by atoms with Crippen LogP contribution in [0.25, 0.3) is 0 Å². The summed E-state index contributed by atoms with van der Waals surface area (Å²) in [7, 11) is 0. The van der Waals surface area contributed by atoms with Gasteiger partial charge in [0.05, 0.1) is 0 Å². The first-order valence-electron chi connectivity index (χ1n) is 6.21. The van der Waals surface area contributed by atoms with Crippen LogP contribution in [0.4, 0.5) is 10.1 Å². The summed E-state index contributed by atoms with van der Waals surface area (Å²) in [5.74, 6) is -0.504. The SMILES string of the molecule is CCCCNC(N)=NCC(=O)Nc1cccc(F)c1.I. The van der Waals surface area contributed by atoms with Crippen LogP contribution in [-0.2, 0) is 4.79 Å². The van der Waals surface area contributed by atoms with Crippen molar-refractivity contribution in [2.75, 3.05) is 18.4 Å². The Bertz CT molecular complexity index is 454. The zero-order valence-corrected chi connectivity index (χ0v) is 13.7. The number of amides is 1. The molecular weight excluding hydrogens is 374 g/mol. The molecule has 4 N–H and O–H groups in total. The fourth-order valence-electron chi connectivity index (χ4n) is 1.37. The Morgan fingerprint density at radius 3 is 2.85 bits per heavy atom. The standard InChI is InChI=1S/C13H19FN4O.HI/c1-2-3-7-16-13(15)17-9-12(19)18-11-6-4-5-10(14)8-11;/h4-6,8H,2-3,7,9H2,1H3,(H,18,19)(H3,15,16,17);1H. The van der Waals surface area contributed by atoms with Gasteiger partial charge in [0.1, 0.15) is 12.4 Å². The number of hydrogen-bond acceptors (Lipinski definition) is 2. The van der Waals surface area contributed by atoms with Gasteiger partial charge in [0.15, 0.2) is 5.96 Å². The van der Waals surface area contributed by atoms with E-state index >= 15 is 0 Å². The largest absolute Gasteiger partial charge is 0.370 e. The van der Waals surface area contributed by atoms with E-state index in [9.17, 15) is 9.18 Å². The maximum absolute atomic E-state index is 12.9. The molecule has 0 saturated carbocycles. The van der Waals surface area contributed by atoms with E-state index in [-0.39, 0.29) is 42.4 Å². The summed E-state index contributed by atoms with van der Waals surface area (Å²) in [6, 6.07) is 5.68. The molecule has 0 unspecified atom stereocenters. The Morgan fingerprint density at radius 2 is 2.20 bits per heavy atom. The van der Waals surface area contributed by atoms with Crippen LogP contribution in [0, 0.1) is 5.82 Å². The average Bonchev–Trinajstić information content (AvgIpc) is 2.37. The van der Waals surface area contributed by atoms with Gasteiger partial charge >= 0.3 is 0 Å². The topological polar surface area (TPSA) is 79.5 Å². The highest BCUT2D eigenvalue weighted by Gasteiger charge is 2.02. The maximum Gasteiger partial charge on any atom is 0.246 e. The van der Waals surface area contributed by atoms with E-state index in [1.807, 2.05) is 0 Å². The first kappa shape index (κ1) is 18.6. The van der Waals surface area contributed by atoms with Crippen LogP contribution in [0.2, 0.25) is 0 Å². The summed E-state index contributed by atoms with van der Waals surface area (Å²) in [6.45, 7) is 2.71. The van der Waals surface area contributed by atoms with Crippen LogP contribution in [0.5, 0.6) is 0 Å². The van der Waals surface area contributed by atoms with Crippen molar-refractivity contribution in [1.82, 2.24) is 5.32 Å². The maximum atomic E-state index is 12.9. The number of nitrogens with two attached hydrogens (primary N) is 1. The number of aliphatic imine (C=N–C) groups is 1. The summed E-state index contributed by atoms with van der Waals surface area (Å²) in [6.07, 6.45) is 2.05. The number of hydrogen-bond donors (Lipinski definition) is 3. The minimum Gasteiger partial charge on any atom is -0.370 e. The van der Waals surface area contributed by atoms with Crippen LogP contribution >= 0.6 is 24.0 Å². The van der Waals surface area contributed by atoms with Gasteiger partial charge in [0, 0.05) is 12.2 Å². The summed E-state index contributed by atoms with van der Waals surface area (Å²) in [5.41, 5.74) is 5.98. The lowest BCUT2D eigenvalue weighted by Gasteiger charge is -2.05. The number of carbonyl (C=O) groups excluding carboxylic acids is 1. The molecule has 1 aromatic rings. The van der Waals surface area contributed by atoms with Gasteiger partial charge in [-0.1, -0.05) is 19.4 Å². The Hall–Kier alpha value is -1.38. The second-order valence-electron chi connectivity index (χ2n) is 4.04. The van der Waals surface area contributed by atoms with Crippen molar-refractivity contribution >= 4 is 41.5 Å². The third kappa shape index (κ3) is 7.93. The predicted octanol–water partition coefficient (Wildman–Crippen LogP) is 2.09. The average molecular weight is 394 g/mol. The number of carbonyl (C=O) groups is 1. The molecule has 0 atom stereocenters. The lowest BCUT2D eigenvalue weighted by Crippen LogP contribution is -2.33. The van der Waals surface area contributed by atoms with E-state index in [2.05, 4.69) is 22.5 Å². The van der Waals surface area contributed by atoms with Crippen LogP contribution in [0.1, 0.15) is 19.8 Å². The fourth-order valence-corrected chi connectivity index (χ4v) is 1.37. The fraction of sp³-hybridized carbons (Fsp3) is 0.385. The van der Waals surface area contributed by atoms with Crippen molar-refractivity contribution in [3.05, 3.63) is 30.1 Å². The highest BCUT2D eigenvalue weighted by molar-refractivity contribution is 14.0. The summed E-state index contributed by atoms with van der Waals surface area (Å²) >= 11 is 0. The Labute approximate surface area is 135 Å². The third-order valence-corrected chi connectivity index (χ3v) is 2.34. The molecule has 1 amide bonds. The van der Waals surface area contributed by atoms with Crippen molar-refractivity contribution < 1.29 is 9.18 Å². The van der Waals surface area contributed by atoms with Crippen molar-refractivity contribution in [3.63, 3.8) is 0 Å². The lowest BCUT2D eigenvalue weighted by atomic mass is 10.3. The molecule has 0 saturated heterocycles. The van der Waals surface area contributed by atoms with Gasteiger partial charge < -0.3 is 16.4 Å². The van der Waals surface area contributed by atoms with Gasteiger partial charge in [-0.3, -0.25) is 4.79 Å². The highest BCUT2D eigenvalue weighted by Crippen LogP contribution is 2.08. The van der Waals surface area contributed by atoms with Crippen LogP contribution in [0.3, 0.4) is 0 Å². The van der Waals surface area contributed by atoms with Gasteiger partial charge in [0.25, 0.3) is 0 Å². The number of anilines is 1. The van der Waals surface area contributed by atoms with E-state index in [1.165, 1.54) is 18.2 Å². The van der Waals surface area contributed by atoms with Crippen LogP contribution < -0.4 is 16.4 Å². The molecule has 0 aliphatic rings. The molecule has 0 radical (unpaired) electrons. The second-order valence-corrected chi connectivity index (χ2v) is 4.04. The van der Waals surface area contributed by atoms with Gasteiger partial charge in [-0.2, -0.15) is 0 Å². The molecule has 7 heteroatoms. The molecule has 0 fully saturated rings. The smallest absolute Gasteiger partial charge is 0.246 e. The van der Waals surface area contributed by atoms with Crippen molar-refractivity contribution in [3.8, 4) is 0 Å². The summed E-state index contributed by atoms with van der Waals surface area (Å²) in [4.78, 5) is 15.4. The minimum absolute atomic E-state index is 0. The number of nitrogens with zero attached hydrogens (tertiary/aromatic N) is 1. The van der Waals surface area contributed by atoms with E-state index in [0.717, 1.165) is 19.4 Å². The third-order valence-electron chi connectivity index (χ3n) is 2.34. The Kier molecular flexibility index (Phi) is 9.69. The molecule has 0 aliphatic heterocycles. The number of guanidine groups is 1. The normalized spacial score (nSPS) is 10.6. The molecule has 0 bridgehead atoms. The van der Waals surface area contributed by atoms with Gasteiger partial charge in [-0.05, 0) is 24.6 Å². The molecule has 1 rings (SSSR count). The van der Waals surface area contributed by atoms with Gasteiger partial charge in [0.2, 0.25) is 5.91 Å². The van der Waals surface area contributed by atoms with Crippen LogP contribution in [0.15, 0.2) is 29.3 Å². The molecule has 112 valence electrons. The molecule has 0 spiro atoms. The van der Waals surface area contributed by atoms with E-state index < -0.39 is 5.82 Å². The first-order valence-corrected chi connectivity index (χ1v) is 6.21. The molecule has 0 aromatic heterocycles. The molecule has 0 aliphatic carbocycles. The number of benzene rings is 1. The molecule has 5 nitrogen and oxygen atoms in total. The summed E-state index contributed by atoms with van der Waals surface area (Å²) < 4.78 is 12.9. The predicted molar refractivity (Wildman–Crippen MR) is 89.8 cm³/mol. The zero-order chi connectivity index (χ0) is 14.1. The van der Waals surface area contributed by atoms with E-state index in [1.54, 1.807) is 6.07 Å². The van der Waals surface area contributed by atoms with Crippen molar-refractivity contribution in [1.29, 1.82) is 0 Å². The van der Waals surface area contributed by atoms with Gasteiger partial charge in [-0.25, -0.2) is 9.38 Å². The number of halogens is 2. The number of rotatable bonds is 6. The highest BCUT2D eigenvalue weighted by atomic mass is 127. The zero-order valence-electron chi connectivity index (χ0n) is 11.4. The Morgan fingerprint density at radius 1 is 1.45 bits per heavy atom. The Balaban J connectivity index is 0.00000361. The monoisotopic (exact) mass is 394 g/mol. The van der Waals surface area contributed by atoms with E-state index in [0.29, 0.717) is 5.69 Å². The van der Waals surface area contributed by atoms with Crippen molar-refractivity contribution in [2.45, 2.75) is 19.8 Å². The minimum atomic E-state index is -0.401. The summed E-state index contributed by atoms with van der Waals surface area (Å²) in [5, 5.41) is 5.44. The number of unbranched alkanes of at least 4 members (excludes halogenated alkanes) is 1. The van der Waals surface area contributed by atoms with E-state index in [4.69, 9.17) is 5.73 Å². The molecule has 20 heavy (non-hydrogen) atoms. The van der Waals surface area contributed by atoms with Crippen molar-refractivity contribution in [2.24, 2.45) is 10.7 Å². The lowest BCUT2D eigenvalue weighted by molar-refractivity contribution is -0.114. The first-order chi connectivity index (χ1) is 9.11. The molecule has 0 heterocycles. The van der Waals surface area contributed by atoms with Crippen LogP contribution in [-0.4, -0.2) is 25.0 Å². The number of nitrogens with one attached hydrogen (secondary N) is 2. The second kappa shape index (κ2) is 10.4. The molecule has 1 aromatic carbocycles. The van der Waals surface area contributed by atoms with Gasteiger partial charge in [-0.15, -0.1) is 24.0 Å².